The Morgan fingerprint density at radius 3 is 2.28 bits per heavy atom. The van der Waals surface area contributed by atoms with Gasteiger partial charge in [-0.3, -0.25) is 4.79 Å². The summed E-state index contributed by atoms with van der Waals surface area (Å²) in [5, 5.41) is -1.32. The molecule has 1 atom stereocenters. The molecule has 0 aliphatic rings. The van der Waals surface area contributed by atoms with Crippen LogP contribution in [0.15, 0.2) is 52.9 Å². The van der Waals surface area contributed by atoms with Crippen LogP contribution in [0.5, 0.6) is 11.5 Å². The molecule has 0 aliphatic carbocycles. The molecule has 0 N–H and O–H groups in total. The summed E-state index contributed by atoms with van der Waals surface area (Å²) in [6, 6.07) is 9.06. The first-order valence-corrected chi connectivity index (χ1v) is 13.7. The van der Waals surface area contributed by atoms with E-state index < -0.39 is 27.0 Å². The first-order chi connectivity index (χ1) is 18.6. The standard InChI is InChI=1S/C27H33ClO10S/c1-18(15-23(27(30)36-5)39(31,32)19-9-7-6-8-10-19)11-12-20-24(38-17-37-14-13-33-2)21(26(29)35-4)16-22(28)25(20)34-3/h6-11,16,23H,12-15,17H2,1-5H3/b18-11+. The van der Waals surface area contributed by atoms with Crippen LogP contribution in [-0.4, -0.2) is 74.1 Å². The molecule has 2 aromatic carbocycles. The minimum absolute atomic E-state index is 0.0107. The van der Waals surface area contributed by atoms with Gasteiger partial charge in [-0.1, -0.05) is 41.4 Å². The third-order valence-corrected chi connectivity index (χ3v) is 8.00. The number of hydrogen-bond acceptors (Lipinski definition) is 10. The summed E-state index contributed by atoms with van der Waals surface area (Å²) >= 11 is 6.40. The van der Waals surface area contributed by atoms with E-state index in [2.05, 4.69) is 0 Å². The summed E-state index contributed by atoms with van der Waals surface area (Å²) in [7, 11) is 1.28. The number of carbonyl (C=O) groups is 2. The molecule has 2 aromatic rings. The van der Waals surface area contributed by atoms with Gasteiger partial charge in [0.1, 0.15) is 17.1 Å². The predicted molar refractivity (Wildman–Crippen MR) is 144 cm³/mol. The molecule has 10 nitrogen and oxygen atoms in total. The van der Waals surface area contributed by atoms with E-state index in [0.717, 1.165) is 7.11 Å². The van der Waals surface area contributed by atoms with E-state index in [1.54, 1.807) is 31.2 Å². The zero-order chi connectivity index (χ0) is 29.0. The number of methoxy groups -OCH3 is 4. The highest BCUT2D eigenvalue weighted by Crippen LogP contribution is 2.40. The van der Waals surface area contributed by atoms with Gasteiger partial charge in [0.15, 0.2) is 21.9 Å². The van der Waals surface area contributed by atoms with Crippen molar-refractivity contribution in [2.45, 2.75) is 29.9 Å². The molecule has 0 saturated carbocycles. The minimum atomic E-state index is -4.03. The lowest BCUT2D eigenvalue weighted by Crippen LogP contribution is -2.32. The van der Waals surface area contributed by atoms with Gasteiger partial charge in [0.05, 0.1) is 44.5 Å². The van der Waals surface area contributed by atoms with Gasteiger partial charge in [-0.2, -0.15) is 0 Å². The van der Waals surface area contributed by atoms with Crippen molar-refractivity contribution in [2.24, 2.45) is 0 Å². The van der Waals surface area contributed by atoms with Gasteiger partial charge in [0.25, 0.3) is 0 Å². The summed E-state index contributed by atoms with van der Waals surface area (Å²) in [6.07, 6.45) is 1.68. The zero-order valence-electron chi connectivity index (χ0n) is 22.5. The third kappa shape index (κ3) is 8.43. The molecule has 0 radical (unpaired) electrons. The number of allylic oxidation sites excluding steroid dienone is 2. The molecule has 0 fully saturated rings. The van der Waals surface area contributed by atoms with Gasteiger partial charge in [0, 0.05) is 12.7 Å². The van der Waals surface area contributed by atoms with Gasteiger partial charge >= 0.3 is 11.9 Å². The molecule has 0 aliphatic heterocycles. The smallest absolute Gasteiger partial charge is 0.341 e. The second-order valence-corrected chi connectivity index (χ2v) is 10.8. The van der Waals surface area contributed by atoms with Crippen LogP contribution in [0.2, 0.25) is 5.02 Å². The SMILES string of the molecule is COCCOCOc1c(C(=O)OC)cc(Cl)c(OC)c1C/C=C(\C)CC(C(=O)OC)S(=O)(=O)c1ccccc1. The Balaban J connectivity index is 2.46. The van der Waals surface area contributed by atoms with Crippen molar-refractivity contribution in [2.75, 3.05) is 48.4 Å². The number of sulfone groups is 1. The second kappa shape index (κ2) is 15.5. The van der Waals surface area contributed by atoms with Crippen molar-refractivity contribution in [1.82, 2.24) is 0 Å². The quantitative estimate of drug-likeness (QED) is 0.131. The molecule has 39 heavy (non-hydrogen) atoms. The molecule has 0 amide bonds. The van der Waals surface area contributed by atoms with Crippen LogP contribution in [0.25, 0.3) is 0 Å². The Labute approximate surface area is 233 Å². The number of benzene rings is 2. The van der Waals surface area contributed by atoms with Crippen molar-refractivity contribution in [3.05, 3.63) is 64.2 Å². The Morgan fingerprint density at radius 2 is 1.69 bits per heavy atom. The molecular weight excluding hydrogens is 552 g/mol. The average Bonchev–Trinajstić information content (AvgIpc) is 2.94. The molecule has 2 rings (SSSR count). The fourth-order valence-electron chi connectivity index (χ4n) is 3.68. The lowest BCUT2D eigenvalue weighted by molar-refractivity contribution is -0.140. The number of rotatable bonds is 15. The fraction of sp³-hybridized carbons (Fsp3) is 0.407. The maximum atomic E-state index is 13.2. The van der Waals surface area contributed by atoms with Crippen LogP contribution in [0.1, 0.15) is 29.3 Å². The van der Waals surface area contributed by atoms with Gasteiger partial charge in [-0.05, 0) is 38.0 Å². The summed E-state index contributed by atoms with van der Waals surface area (Å²) < 4.78 is 57.8. The number of hydrogen-bond donors (Lipinski definition) is 0. The third-order valence-electron chi connectivity index (χ3n) is 5.68. The zero-order valence-corrected chi connectivity index (χ0v) is 24.1. The van der Waals surface area contributed by atoms with Crippen LogP contribution in [-0.2, 0) is 40.0 Å². The maximum absolute atomic E-state index is 13.2. The number of carbonyl (C=O) groups excluding carboxylic acids is 2. The summed E-state index contributed by atoms with van der Waals surface area (Å²) in [5.74, 6) is -1.18. The van der Waals surface area contributed by atoms with Crippen LogP contribution in [0.3, 0.4) is 0 Å². The van der Waals surface area contributed by atoms with Crippen molar-refractivity contribution < 1.29 is 46.4 Å². The monoisotopic (exact) mass is 584 g/mol. The van der Waals surface area contributed by atoms with E-state index in [1.165, 1.54) is 39.5 Å². The summed E-state index contributed by atoms with van der Waals surface area (Å²) in [4.78, 5) is 25.1. The number of ether oxygens (including phenoxy) is 6. The molecule has 12 heteroatoms. The molecule has 0 bridgehead atoms. The van der Waals surface area contributed by atoms with Crippen molar-refractivity contribution >= 4 is 33.4 Å². The Bertz CT molecular complexity index is 1260. The number of esters is 2. The first kappa shape index (κ1) is 32.1. The largest absolute Gasteiger partial charge is 0.495 e. The van der Waals surface area contributed by atoms with Crippen molar-refractivity contribution in [3.8, 4) is 11.5 Å². The highest BCUT2D eigenvalue weighted by atomic mass is 35.5. The average molecular weight is 585 g/mol. The van der Waals surface area contributed by atoms with Crippen molar-refractivity contribution in [3.63, 3.8) is 0 Å². The van der Waals surface area contributed by atoms with Gasteiger partial charge in [-0.25, -0.2) is 13.2 Å². The van der Waals surface area contributed by atoms with Crippen molar-refractivity contribution in [1.29, 1.82) is 0 Å². The lowest BCUT2D eigenvalue weighted by Gasteiger charge is -2.19. The molecule has 0 aromatic heterocycles. The highest BCUT2D eigenvalue weighted by molar-refractivity contribution is 7.92. The molecule has 0 spiro atoms. The topological polar surface area (TPSA) is 124 Å². The Kier molecular flexibility index (Phi) is 12.7. The summed E-state index contributed by atoms with van der Waals surface area (Å²) in [6.45, 7) is 2.09. The van der Waals surface area contributed by atoms with Gasteiger partial charge < -0.3 is 28.4 Å². The predicted octanol–water partition coefficient (Wildman–Crippen LogP) is 4.03. The number of halogens is 1. The first-order valence-electron chi connectivity index (χ1n) is 11.8. The normalized spacial score (nSPS) is 12.5. The van der Waals surface area contributed by atoms with E-state index in [4.69, 9.17) is 40.0 Å². The minimum Gasteiger partial charge on any atom is -0.495 e. The van der Waals surface area contributed by atoms with E-state index in [0.29, 0.717) is 17.7 Å². The molecule has 0 saturated heterocycles. The molecular formula is C27H33ClO10S. The van der Waals surface area contributed by atoms with Crippen LogP contribution < -0.4 is 9.47 Å². The fourth-order valence-corrected chi connectivity index (χ4v) is 5.68. The molecule has 214 valence electrons. The summed E-state index contributed by atoms with van der Waals surface area (Å²) in [5.41, 5.74) is 1.02. The Hall–Kier alpha value is -3.12. The van der Waals surface area contributed by atoms with Gasteiger partial charge in [-0.15, -0.1) is 0 Å². The molecule has 0 heterocycles. The molecule has 1 unspecified atom stereocenters. The van der Waals surface area contributed by atoms with Crippen LogP contribution in [0.4, 0.5) is 0 Å². The van der Waals surface area contributed by atoms with E-state index >= 15 is 0 Å². The Morgan fingerprint density at radius 1 is 1.00 bits per heavy atom. The van der Waals surface area contributed by atoms with Gasteiger partial charge in [0.2, 0.25) is 0 Å². The second-order valence-electron chi connectivity index (χ2n) is 8.23. The maximum Gasteiger partial charge on any atom is 0.341 e. The highest BCUT2D eigenvalue weighted by Gasteiger charge is 2.35. The van der Waals surface area contributed by atoms with Crippen LogP contribution in [0, 0.1) is 0 Å². The lowest BCUT2D eigenvalue weighted by atomic mass is 10.0. The van der Waals surface area contributed by atoms with E-state index in [-0.39, 0.29) is 53.2 Å². The van der Waals surface area contributed by atoms with E-state index in [9.17, 15) is 18.0 Å². The van der Waals surface area contributed by atoms with E-state index in [1.807, 2.05) is 0 Å². The van der Waals surface area contributed by atoms with Crippen LogP contribution >= 0.6 is 11.6 Å².